The molecular formula is C19H27N3S. The second-order valence-corrected chi connectivity index (χ2v) is 6.45. The molecule has 0 atom stereocenters. The first-order valence-corrected chi connectivity index (χ1v) is 9.02. The Morgan fingerprint density at radius 1 is 1.04 bits per heavy atom. The summed E-state index contributed by atoms with van der Waals surface area (Å²) in [6.45, 7) is 5.26. The van der Waals surface area contributed by atoms with Gasteiger partial charge < -0.3 is 10.6 Å². The summed E-state index contributed by atoms with van der Waals surface area (Å²) in [5, 5.41) is 8.23. The Bertz CT molecular complexity index is 640. The molecule has 0 aliphatic rings. The van der Waals surface area contributed by atoms with Crippen LogP contribution in [-0.4, -0.2) is 16.6 Å². The van der Waals surface area contributed by atoms with Crippen LogP contribution in [0.4, 0.5) is 5.82 Å². The average molecular weight is 330 g/mol. The first-order chi connectivity index (χ1) is 11.2. The van der Waals surface area contributed by atoms with Crippen LogP contribution >= 0.6 is 12.2 Å². The number of pyridine rings is 1. The molecule has 124 valence electrons. The van der Waals surface area contributed by atoms with E-state index in [-0.39, 0.29) is 0 Å². The molecule has 0 bridgehead atoms. The van der Waals surface area contributed by atoms with Crippen molar-refractivity contribution in [2.45, 2.75) is 52.4 Å². The molecule has 1 heterocycles. The second kappa shape index (κ2) is 9.46. The fraction of sp³-hybridized carbons (Fsp3) is 0.474. The van der Waals surface area contributed by atoms with Gasteiger partial charge in [-0.1, -0.05) is 50.7 Å². The molecule has 0 saturated heterocycles. The molecule has 2 aromatic rings. The molecule has 1 aromatic heterocycles. The Morgan fingerprint density at radius 2 is 1.83 bits per heavy atom. The van der Waals surface area contributed by atoms with Crippen molar-refractivity contribution in [1.29, 1.82) is 0 Å². The third-order valence-corrected chi connectivity index (χ3v) is 4.15. The zero-order chi connectivity index (χ0) is 16.5. The standard InChI is InChI=1S/C19H27N3S/c1-3-4-5-6-7-8-13-20-19(23)22-18-12-10-16-14-15(2)9-11-17(16)21-18/h9-12,14H,3-8,13H2,1-2H3,(H2,20,21,22,23). The highest BCUT2D eigenvalue weighted by molar-refractivity contribution is 7.80. The minimum atomic E-state index is 0.650. The molecule has 1 aromatic carbocycles. The van der Waals surface area contributed by atoms with Gasteiger partial charge in [0, 0.05) is 11.9 Å². The molecule has 0 unspecified atom stereocenters. The topological polar surface area (TPSA) is 37.0 Å². The molecule has 3 nitrogen and oxygen atoms in total. The third kappa shape index (κ3) is 6.14. The summed E-state index contributed by atoms with van der Waals surface area (Å²) >= 11 is 5.34. The Kier molecular flexibility index (Phi) is 7.27. The highest BCUT2D eigenvalue weighted by atomic mass is 32.1. The molecule has 4 heteroatoms. The van der Waals surface area contributed by atoms with E-state index in [9.17, 15) is 0 Å². The maximum absolute atomic E-state index is 5.34. The molecule has 0 amide bonds. The molecule has 0 saturated carbocycles. The van der Waals surface area contributed by atoms with Gasteiger partial charge in [0.25, 0.3) is 0 Å². The third-order valence-electron chi connectivity index (χ3n) is 3.90. The summed E-state index contributed by atoms with van der Waals surface area (Å²) < 4.78 is 0. The number of anilines is 1. The zero-order valence-corrected chi connectivity index (χ0v) is 15.0. The Labute approximate surface area is 144 Å². The Hall–Kier alpha value is -1.68. The zero-order valence-electron chi connectivity index (χ0n) is 14.2. The number of thiocarbonyl (C=S) groups is 1. The maximum Gasteiger partial charge on any atom is 0.171 e. The van der Waals surface area contributed by atoms with Gasteiger partial charge in [-0.05, 0) is 49.8 Å². The van der Waals surface area contributed by atoms with Gasteiger partial charge in [-0.15, -0.1) is 0 Å². The molecule has 2 N–H and O–H groups in total. The number of aryl methyl sites for hydroxylation is 1. The van der Waals surface area contributed by atoms with E-state index in [0.29, 0.717) is 5.11 Å². The van der Waals surface area contributed by atoms with Gasteiger partial charge in [-0.2, -0.15) is 0 Å². The number of fused-ring (bicyclic) bond motifs is 1. The smallest absolute Gasteiger partial charge is 0.171 e. The average Bonchev–Trinajstić information content (AvgIpc) is 2.54. The van der Waals surface area contributed by atoms with Crippen molar-refractivity contribution in [3.63, 3.8) is 0 Å². The number of hydrogen-bond acceptors (Lipinski definition) is 2. The van der Waals surface area contributed by atoms with E-state index >= 15 is 0 Å². The second-order valence-electron chi connectivity index (χ2n) is 6.04. The van der Waals surface area contributed by atoms with Gasteiger partial charge in [0.05, 0.1) is 5.52 Å². The number of aromatic nitrogens is 1. The van der Waals surface area contributed by atoms with E-state index in [2.05, 4.69) is 47.7 Å². The van der Waals surface area contributed by atoms with Crippen LogP contribution in [0.2, 0.25) is 0 Å². The summed E-state index contributed by atoms with van der Waals surface area (Å²) in [6.07, 6.45) is 7.74. The van der Waals surface area contributed by atoms with Gasteiger partial charge in [0.2, 0.25) is 0 Å². The van der Waals surface area contributed by atoms with Crippen molar-refractivity contribution in [2.75, 3.05) is 11.9 Å². The van der Waals surface area contributed by atoms with Crippen molar-refractivity contribution < 1.29 is 0 Å². The van der Waals surface area contributed by atoms with Crippen molar-refractivity contribution in [1.82, 2.24) is 10.3 Å². The van der Waals surface area contributed by atoms with Crippen LogP contribution in [0, 0.1) is 6.92 Å². The fourth-order valence-electron chi connectivity index (χ4n) is 2.58. The summed E-state index contributed by atoms with van der Waals surface area (Å²) in [5.41, 5.74) is 2.23. The minimum absolute atomic E-state index is 0.650. The first kappa shape index (κ1) is 17.7. The SMILES string of the molecule is CCCCCCCCNC(=S)Nc1ccc2cc(C)ccc2n1. The Balaban J connectivity index is 1.74. The number of rotatable bonds is 8. The van der Waals surface area contributed by atoms with E-state index in [1.807, 2.05) is 12.1 Å². The molecule has 0 fully saturated rings. The van der Waals surface area contributed by atoms with Gasteiger partial charge in [0.15, 0.2) is 5.11 Å². The highest BCUT2D eigenvalue weighted by Gasteiger charge is 2.01. The first-order valence-electron chi connectivity index (χ1n) is 8.61. The van der Waals surface area contributed by atoms with Gasteiger partial charge in [0.1, 0.15) is 5.82 Å². The van der Waals surface area contributed by atoms with Crippen LogP contribution in [0.15, 0.2) is 30.3 Å². The van der Waals surface area contributed by atoms with Crippen LogP contribution in [-0.2, 0) is 0 Å². The molecular weight excluding hydrogens is 302 g/mol. The van der Waals surface area contributed by atoms with Crippen molar-refractivity contribution >= 4 is 34.1 Å². The molecule has 2 rings (SSSR count). The van der Waals surface area contributed by atoms with Crippen LogP contribution in [0.1, 0.15) is 51.0 Å². The van der Waals surface area contributed by atoms with Crippen LogP contribution in [0.3, 0.4) is 0 Å². The molecule has 0 spiro atoms. The van der Waals surface area contributed by atoms with Gasteiger partial charge in [-0.3, -0.25) is 0 Å². The van der Waals surface area contributed by atoms with Crippen LogP contribution < -0.4 is 10.6 Å². The number of unbranched alkanes of at least 4 members (excludes halogenated alkanes) is 5. The molecule has 23 heavy (non-hydrogen) atoms. The van der Waals surface area contributed by atoms with E-state index < -0.39 is 0 Å². The van der Waals surface area contributed by atoms with Crippen LogP contribution in [0.5, 0.6) is 0 Å². The summed E-state index contributed by atoms with van der Waals surface area (Å²) in [5.74, 6) is 0.793. The van der Waals surface area contributed by atoms with Crippen molar-refractivity contribution in [3.05, 3.63) is 35.9 Å². The monoisotopic (exact) mass is 329 g/mol. The summed E-state index contributed by atoms with van der Waals surface area (Å²) in [6, 6.07) is 10.3. The lowest BCUT2D eigenvalue weighted by Crippen LogP contribution is -2.29. The molecule has 0 aliphatic carbocycles. The predicted octanol–water partition coefficient (Wildman–Crippen LogP) is 5.19. The number of nitrogens with one attached hydrogen (secondary N) is 2. The maximum atomic E-state index is 5.34. The van der Waals surface area contributed by atoms with Crippen molar-refractivity contribution in [3.8, 4) is 0 Å². The molecule has 0 aliphatic heterocycles. The number of nitrogens with zero attached hydrogens (tertiary/aromatic N) is 1. The van der Waals surface area contributed by atoms with E-state index in [0.717, 1.165) is 29.7 Å². The van der Waals surface area contributed by atoms with E-state index in [1.165, 1.54) is 37.7 Å². The summed E-state index contributed by atoms with van der Waals surface area (Å²) in [7, 11) is 0. The lowest BCUT2D eigenvalue weighted by Gasteiger charge is -2.10. The summed E-state index contributed by atoms with van der Waals surface area (Å²) in [4.78, 5) is 4.60. The van der Waals surface area contributed by atoms with Crippen molar-refractivity contribution in [2.24, 2.45) is 0 Å². The minimum Gasteiger partial charge on any atom is -0.362 e. The van der Waals surface area contributed by atoms with Crippen LogP contribution in [0.25, 0.3) is 10.9 Å². The van der Waals surface area contributed by atoms with E-state index in [1.54, 1.807) is 0 Å². The van der Waals surface area contributed by atoms with Gasteiger partial charge in [-0.25, -0.2) is 4.98 Å². The highest BCUT2D eigenvalue weighted by Crippen LogP contribution is 2.16. The number of hydrogen-bond donors (Lipinski definition) is 2. The lowest BCUT2D eigenvalue weighted by molar-refractivity contribution is 0.603. The van der Waals surface area contributed by atoms with E-state index in [4.69, 9.17) is 12.2 Å². The normalized spacial score (nSPS) is 10.7. The lowest BCUT2D eigenvalue weighted by atomic mass is 10.1. The quantitative estimate of drug-likeness (QED) is 0.516. The Morgan fingerprint density at radius 3 is 2.65 bits per heavy atom. The largest absolute Gasteiger partial charge is 0.362 e. The predicted molar refractivity (Wildman–Crippen MR) is 104 cm³/mol. The van der Waals surface area contributed by atoms with Gasteiger partial charge >= 0.3 is 0 Å². The molecule has 0 radical (unpaired) electrons. The fourth-order valence-corrected chi connectivity index (χ4v) is 2.79. The number of benzene rings is 1.